The Kier molecular flexibility index (Phi) is 18.1. The lowest BCUT2D eigenvalue weighted by atomic mass is 9.87. The summed E-state index contributed by atoms with van der Waals surface area (Å²) >= 11 is 5.93. The summed E-state index contributed by atoms with van der Waals surface area (Å²) in [4.78, 5) is 99.4. The van der Waals surface area contributed by atoms with E-state index in [1.165, 1.54) is 0 Å². The fourth-order valence-electron chi connectivity index (χ4n) is 5.39. The molecule has 2 rings (SSSR count). The van der Waals surface area contributed by atoms with Gasteiger partial charge in [-0.05, 0) is 30.5 Å². The van der Waals surface area contributed by atoms with E-state index in [-0.39, 0.29) is 25.9 Å². The van der Waals surface area contributed by atoms with Crippen molar-refractivity contribution >= 4 is 59.2 Å². The summed E-state index contributed by atoms with van der Waals surface area (Å²) in [5.74, 6) is -9.52. The highest BCUT2D eigenvalue weighted by Crippen LogP contribution is 2.37. The van der Waals surface area contributed by atoms with Crippen LogP contribution in [0.1, 0.15) is 65.4 Å². The second-order valence-corrected chi connectivity index (χ2v) is 12.4. The van der Waals surface area contributed by atoms with E-state index in [1.807, 2.05) is 0 Å². The fourth-order valence-corrected chi connectivity index (χ4v) is 5.52. The molecule has 0 aliphatic carbocycles. The van der Waals surface area contributed by atoms with Gasteiger partial charge in [-0.3, -0.25) is 33.6 Å². The normalized spacial score (nSPS) is 20.5. The van der Waals surface area contributed by atoms with Gasteiger partial charge in [0.25, 0.3) is 11.7 Å². The molecule has 1 fully saturated rings. The number of esters is 5. The minimum atomic E-state index is -2.40. The maximum atomic E-state index is 13.5. The Bertz CT molecular complexity index is 1470. The van der Waals surface area contributed by atoms with Gasteiger partial charge >= 0.3 is 35.8 Å². The van der Waals surface area contributed by atoms with E-state index in [0.717, 1.165) is 34.8 Å². The van der Waals surface area contributed by atoms with Crippen LogP contribution in [0.3, 0.4) is 0 Å². The molecular formula is C34H45ClN2O16. The van der Waals surface area contributed by atoms with Gasteiger partial charge in [0, 0.05) is 39.1 Å². The molecule has 0 saturated carbocycles. The van der Waals surface area contributed by atoms with Crippen molar-refractivity contribution in [2.45, 2.75) is 102 Å². The van der Waals surface area contributed by atoms with Crippen LogP contribution >= 0.6 is 11.6 Å². The monoisotopic (exact) mass is 772 g/mol. The van der Waals surface area contributed by atoms with E-state index >= 15 is 0 Å². The zero-order chi connectivity index (χ0) is 39.7. The summed E-state index contributed by atoms with van der Waals surface area (Å²) < 4.78 is 38.7. The Balaban J connectivity index is 2.63. The molecule has 0 bridgehead atoms. The number of unbranched alkanes of at least 4 members (excludes halogenated alkanes) is 2. The van der Waals surface area contributed by atoms with E-state index in [2.05, 4.69) is 10.6 Å². The van der Waals surface area contributed by atoms with E-state index in [4.69, 9.17) is 49.9 Å². The number of carbonyl (C=O) groups excluding carboxylic acids is 7. The smallest absolute Gasteiger partial charge is 0.366 e. The standard InChI is InChI=1S/C34H45ClN2O16/c1-19(38)48-18-28(43)37-30-25(50-20(2)39)16-34(33(46)47-5,49-14-8-6-7-9-29(44)45)53-32(30)31(52-22(4)41)26(51-21(3)40)17-36-27(42)15-23-10-12-24(35)13-11-23/h10-13,25-26,30-32H,6-9,14-18H2,1-5H3,(H,36,42)(H,37,43)(H,44,45)/t25-,26+,30+,31+,32+,34+/m0/s1. The van der Waals surface area contributed by atoms with Crippen LogP contribution in [-0.2, 0) is 77.9 Å². The van der Waals surface area contributed by atoms with E-state index in [9.17, 15) is 38.4 Å². The van der Waals surface area contributed by atoms with Crippen molar-refractivity contribution in [1.82, 2.24) is 10.6 Å². The number of halogens is 1. The number of benzene rings is 1. The predicted octanol–water partition coefficient (Wildman–Crippen LogP) is 1.16. The Morgan fingerprint density at radius 3 is 2.13 bits per heavy atom. The summed E-state index contributed by atoms with van der Waals surface area (Å²) in [6.07, 6.45) is -6.50. The highest BCUT2D eigenvalue weighted by atomic mass is 35.5. The van der Waals surface area contributed by atoms with E-state index in [1.54, 1.807) is 24.3 Å². The van der Waals surface area contributed by atoms with Crippen LogP contribution in [0.4, 0.5) is 0 Å². The van der Waals surface area contributed by atoms with E-state index < -0.39 is 103 Å². The van der Waals surface area contributed by atoms with Crippen LogP contribution in [0.15, 0.2) is 24.3 Å². The first-order valence-corrected chi connectivity index (χ1v) is 16.9. The first kappa shape index (κ1) is 44.4. The third-order valence-corrected chi connectivity index (χ3v) is 7.81. The quantitative estimate of drug-likeness (QED) is 0.0956. The fraction of sp³-hybridized carbons (Fsp3) is 0.588. The highest BCUT2D eigenvalue weighted by Gasteiger charge is 2.59. The molecule has 294 valence electrons. The van der Waals surface area contributed by atoms with Crippen LogP contribution in [0.25, 0.3) is 0 Å². The molecule has 0 radical (unpaired) electrons. The molecule has 0 spiro atoms. The zero-order valence-corrected chi connectivity index (χ0v) is 30.8. The summed E-state index contributed by atoms with van der Waals surface area (Å²) in [5.41, 5.74) is 0.589. The molecule has 1 aromatic carbocycles. The number of methoxy groups -OCH3 is 1. The number of nitrogens with one attached hydrogen (secondary N) is 2. The number of rotatable bonds is 20. The SMILES string of the molecule is COC(=O)[C@@]1(OCCCCCC(=O)O)C[C@H](OC(C)=O)[C@@H](NC(=O)COC(C)=O)[C@H]([C@H](OC(C)=O)[C@@H](CNC(=O)Cc2ccc(Cl)cc2)OC(C)=O)O1. The number of ether oxygens (including phenoxy) is 7. The van der Waals surface area contributed by atoms with Crippen LogP contribution in [-0.4, -0.2) is 116 Å². The number of hydrogen-bond donors (Lipinski definition) is 3. The largest absolute Gasteiger partial charge is 0.481 e. The number of aliphatic carboxylic acids is 1. The number of hydrogen-bond acceptors (Lipinski definition) is 15. The Hall–Kier alpha value is -4.81. The number of carboxylic acids is 1. The molecule has 0 unspecified atom stereocenters. The average Bonchev–Trinajstić information content (AvgIpc) is 3.07. The van der Waals surface area contributed by atoms with Crippen LogP contribution in [0, 0.1) is 0 Å². The van der Waals surface area contributed by atoms with Gasteiger partial charge in [-0.25, -0.2) is 4.79 Å². The third kappa shape index (κ3) is 15.4. The third-order valence-electron chi connectivity index (χ3n) is 7.56. The first-order valence-electron chi connectivity index (χ1n) is 16.5. The topological polar surface area (TPSA) is 245 Å². The van der Waals surface area contributed by atoms with Crippen molar-refractivity contribution < 1.29 is 76.6 Å². The molecule has 1 aliphatic rings. The molecule has 1 saturated heterocycles. The summed E-state index contributed by atoms with van der Waals surface area (Å²) in [6, 6.07) is 4.92. The van der Waals surface area contributed by atoms with Crippen molar-refractivity contribution in [3.8, 4) is 0 Å². The molecular weight excluding hydrogens is 728 g/mol. The number of amides is 2. The highest BCUT2D eigenvalue weighted by molar-refractivity contribution is 6.30. The van der Waals surface area contributed by atoms with Gasteiger partial charge in [0.05, 0.1) is 39.1 Å². The summed E-state index contributed by atoms with van der Waals surface area (Å²) in [5, 5.41) is 14.5. The summed E-state index contributed by atoms with van der Waals surface area (Å²) in [6.45, 7) is 2.67. The maximum Gasteiger partial charge on any atom is 0.366 e. The van der Waals surface area contributed by atoms with Crippen LogP contribution in [0.2, 0.25) is 5.02 Å². The van der Waals surface area contributed by atoms with E-state index in [0.29, 0.717) is 23.4 Å². The molecule has 18 nitrogen and oxygen atoms in total. The number of carbonyl (C=O) groups is 8. The van der Waals surface area contributed by atoms with Gasteiger partial charge < -0.3 is 48.9 Å². The molecule has 1 aliphatic heterocycles. The van der Waals surface area contributed by atoms with Gasteiger partial charge in [-0.15, -0.1) is 0 Å². The summed E-state index contributed by atoms with van der Waals surface area (Å²) in [7, 11) is 1.02. The molecule has 1 aromatic rings. The second kappa shape index (κ2) is 21.7. The van der Waals surface area contributed by atoms with Gasteiger partial charge in [0.15, 0.2) is 18.8 Å². The molecule has 1 heterocycles. The Labute approximate surface area is 310 Å². The van der Waals surface area contributed by atoms with Crippen LogP contribution in [0.5, 0.6) is 0 Å². The van der Waals surface area contributed by atoms with Crippen molar-refractivity contribution in [3.63, 3.8) is 0 Å². The lowest BCUT2D eigenvalue weighted by Crippen LogP contribution is -2.70. The van der Waals surface area contributed by atoms with Gasteiger partial charge in [-0.1, -0.05) is 30.2 Å². The Morgan fingerprint density at radius 2 is 1.57 bits per heavy atom. The molecule has 2 amide bonds. The van der Waals surface area contributed by atoms with Gasteiger partial charge in [0.2, 0.25) is 5.91 Å². The molecule has 53 heavy (non-hydrogen) atoms. The molecule has 0 aromatic heterocycles. The van der Waals surface area contributed by atoms with Crippen molar-refractivity contribution in [1.29, 1.82) is 0 Å². The molecule has 3 N–H and O–H groups in total. The predicted molar refractivity (Wildman–Crippen MR) is 180 cm³/mol. The second-order valence-electron chi connectivity index (χ2n) is 11.9. The van der Waals surface area contributed by atoms with Crippen molar-refractivity contribution in [3.05, 3.63) is 34.9 Å². The van der Waals surface area contributed by atoms with Crippen LogP contribution < -0.4 is 10.6 Å². The first-order chi connectivity index (χ1) is 25.0. The number of carboxylic acid groups (broad SMARTS) is 1. The zero-order valence-electron chi connectivity index (χ0n) is 30.0. The van der Waals surface area contributed by atoms with Gasteiger partial charge in [0.1, 0.15) is 12.2 Å². The minimum absolute atomic E-state index is 0.109. The maximum absolute atomic E-state index is 13.5. The average molecular weight is 773 g/mol. The lowest BCUT2D eigenvalue weighted by molar-refractivity contribution is -0.313. The Morgan fingerprint density at radius 1 is 0.906 bits per heavy atom. The molecule has 6 atom stereocenters. The lowest BCUT2D eigenvalue weighted by Gasteiger charge is -2.48. The van der Waals surface area contributed by atoms with Gasteiger partial charge in [-0.2, -0.15) is 0 Å². The minimum Gasteiger partial charge on any atom is -0.481 e. The van der Waals surface area contributed by atoms with Crippen molar-refractivity contribution in [2.75, 3.05) is 26.9 Å². The van der Waals surface area contributed by atoms with Crippen molar-refractivity contribution in [2.24, 2.45) is 0 Å². The molecule has 19 heteroatoms.